The zero-order valence-corrected chi connectivity index (χ0v) is 19.8. The third-order valence-corrected chi connectivity index (χ3v) is 7.55. The molecule has 2 aliphatic carbocycles. The maximum atomic E-state index is 12.8. The Bertz CT molecular complexity index is 1060. The standard InChI is InChI=1S/C28H32N2O5/c31-26(30-15-18(16-30)6-5-11-27(32)33)14-25(19-12-13-19)29-28(34)35-17-24-22-9-3-1-7-20(22)21-8-2-4-10-23(21)24/h1-4,7-10,18-19,24-25H,5-6,11-17H2,(H,29,34)(H,32,33). The first-order valence-corrected chi connectivity index (χ1v) is 12.6. The number of nitrogens with one attached hydrogen (secondary N) is 1. The van der Waals surface area contributed by atoms with E-state index in [4.69, 9.17) is 9.84 Å². The molecule has 1 aliphatic heterocycles. The van der Waals surface area contributed by atoms with Crippen molar-refractivity contribution in [2.75, 3.05) is 19.7 Å². The Labute approximate surface area is 205 Å². The SMILES string of the molecule is O=C(O)CCCC1CN(C(=O)CC(NC(=O)OCC2c3ccccc3-c3ccccc32)C2CC2)C1. The van der Waals surface area contributed by atoms with E-state index in [2.05, 4.69) is 29.6 Å². The molecule has 0 aromatic heterocycles. The Balaban J connectivity index is 1.11. The lowest BCUT2D eigenvalue weighted by Gasteiger charge is -2.40. The van der Waals surface area contributed by atoms with Crippen LogP contribution in [0.5, 0.6) is 0 Å². The number of carbonyl (C=O) groups excluding carboxylic acids is 2. The van der Waals surface area contributed by atoms with E-state index in [9.17, 15) is 14.4 Å². The Kier molecular flexibility index (Phi) is 6.75. The molecule has 7 nitrogen and oxygen atoms in total. The van der Waals surface area contributed by atoms with E-state index in [1.807, 2.05) is 29.2 Å². The maximum Gasteiger partial charge on any atom is 0.407 e. The summed E-state index contributed by atoms with van der Waals surface area (Å²) in [6.07, 6.45) is 3.51. The number of fused-ring (bicyclic) bond motifs is 3. The summed E-state index contributed by atoms with van der Waals surface area (Å²) < 4.78 is 5.69. The van der Waals surface area contributed by atoms with E-state index in [0.717, 1.165) is 19.3 Å². The predicted octanol–water partition coefficient (Wildman–Crippen LogP) is 4.41. The summed E-state index contributed by atoms with van der Waals surface area (Å²) in [7, 11) is 0. The lowest BCUT2D eigenvalue weighted by Crippen LogP contribution is -2.52. The highest BCUT2D eigenvalue weighted by molar-refractivity contribution is 5.80. The van der Waals surface area contributed by atoms with E-state index in [0.29, 0.717) is 31.3 Å². The van der Waals surface area contributed by atoms with E-state index in [-0.39, 0.29) is 37.3 Å². The molecular weight excluding hydrogens is 444 g/mol. The van der Waals surface area contributed by atoms with Gasteiger partial charge in [-0.05, 0) is 59.8 Å². The van der Waals surface area contributed by atoms with Crippen molar-refractivity contribution in [2.24, 2.45) is 11.8 Å². The molecule has 2 aromatic rings. The van der Waals surface area contributed by atoms with E-state index in [1.165, 1.54) is 22.3 Å². The van der Waals surface area contributed by atoms with Crippen molar-refractivity contribution in [1.29, 1.82) is 0 Å². The van der Waals surface area contributed by atoms with Crippen LogP contribution in [0.15, 0.2) is 48.5 Å². The molecule has 1 unspecified atom stereocenters. The highest BCUT2D eigenvalue weighted by Crippen LogP contribution is 2.44. The van der Waals surface area contributed by atoms with Gasteiger partial charge in [0.15, 0.2) is 0 Å². The van der Waals surface area contributed by atoms with Crippen LogP contribution in [0.1, 0.15) is 55.6 Å². The Hall–Kier alpha value is -3.35. The molecule has 0 spiro atoms. The van der Waals surface area contributed by atoms with Crippen LogP contribution in [-0.2, 0) is 14.3 Å². The predicted molar refractivity (Wildman–Crippen MR) is 131 cm³/mol. The second-order valence-electron chi connectivity index (χ2n) is 10.1. The van der Waals surface area contributed by atoms with Crippen molar-refractivity contribution < 1.29 is 24.2 Å². The van der Waals surface area contributed by atoms with Gasteiger partial charge in [-0.1, -0.05) is 48.5 Å². The largest absolute Gasteiger partial charge is 0.481 e. The van der Waals surface area contributed by atoms with Crippen LogP contribution in [0.25, 0.3) is 11.1 Å². The van der Waals surface area contributed by atoms with Gasteiger partial charge < -0.3 is 20.1 Å². The smallest absolute Gasteiger partial charge is 0.407 e. The zero-order valence-electron chi connectivity index (χ0n) is 19.8. The van der Waals surface area contributed by atoms with Crippen LogP contribution < -0.4 is 5.32 Å². The number of amides is 2. The van der Waals surface area contributed by atoms with Gasteiger partial charge in [0.25, 0.3) is 0 Å². The van der Waals surface area contributed by atoms with E-state index >= 15 is 0 Å². The molecule has 2 N–H and O–H groups in total. The fourth-order valence-corrected chi connectivity index (χ4v) is 5.44. The lowest BCUT2D eigenvalue weighted by atomic mass is 9.93. The number of hydrogen-bond acceptors (Lipinski definition) is 4. The molecule has 2 aromatic carbocycles. The first kappa shape index (κ1) is 23.4. The van der Waals surface area contributed by atoms with Crippen LogP contribution in [0, 0.1) is 11.8 Å². The third-order valence-electron chi connectivity index (χ3n) is 7.55. The fraction of sp³-hybridized carbons (Fsp3) is 0.464. The minimum absolute atomic E-state index is 0.00769. The fourth-order valence-electron chi connectivity index (χ4n) is 5.44. The Morgan fingerprint density at radius 3 is 2.23 bits per heavy atom. The number of ether oxygens (including phenoxy) is 1. The number of hydrogen-bond donors (Lipinski definition) is 2. The van der Waals surface area contributed by atoms with Gasteiger partial charge in [0.2, 0.25) is 5.91 Å². The van der Waals surface area contributed by atoms with Gasteiger partial charge in [0.05, 0.1) is 0 Å². The first-order valence-electron chi connectivity index (χ1n) is 12.6. The van der Waals surface area contributed by atoms with Crippen molar-refractivity contribution in [3.8, 4) is 11.1 Å². The molecule has 1 atom stereocenters. The van der Waals surface area contributed by atoms with Gasteiger partial charge in [-0.25, -0.2) is 4.79 Å². The number of nitrogens with zero attached hydrogens (tertiary/aromatic N) is 1. The van der Waals surface area contributed by atoms with Gasteiger partial charge in [0.1, 0.15) is 6.61 Å². The van der Waals surface area contributed by atoms with E-state index in [1.54, 1.807) is 0 Å². The quantitative estimate of drug-likeness (QED) is 0.530. The van der Waals surface area contributed by atoms with Crippen molar-refractivity contribution in [1.82, 2.24) is 10.2 Å². The van der Waals surface area contributed by atoms with E-state index < -0.39 is 12.1 Å². The second-order valence-corrected chi connectivity index (χ2v) is 10.1. The number of carboxylic acids is 1. The minimum Gasteiger partial charge on any atom is -0.481 e. The zero-order chi connectivity index (χ0) is 24.4. The molecule has 1 saturated heterocycles. The number of rotatable bonds is 10. The molecule has 2 fully saturated rings. The maximum absolute atomic E-state index is 12.8. The minimum atomic E-state index is -0.774. The number of aliphatic carboxylic acids is 1. The molecular formula is C28H32N2O5. The number of benzene rings is 2. The second kappa shape index (κ2) is 10.1. The van der Waals surface area contributed by atoms with Crippen molar-refractivity contribution in [2.45, 2.75) is 50.5 Å². The molecule has 3 aliphatic rings. The summed E-state index contributed by atoms with van der Waals surface area (Å²) in [6, 6.07) is 16.3. The molecule has 5 rings (SSSR count). The molecule has 7 heteroatoms. The summed E-state index contributed by atoms with van der Waals surface area (Å²) in [5.74, 6) is -0.00711. The summed E-state index contributed by atoms with van der Waals surface area (Å²) in [5, 5.41) is 11.7. The van der Waals surface area contributed by atoms with Crippen LogP contribution in [0.3, 0.4) is 0 Å². The van der Waals surface area contributed by atoms with Crippen molar-refractivity contribution >= 4 is 18.0 Å². The van der Waals surface area contributed by atoms with Crippen LogP contribution in [0.2, 0.25) is 0 Å². The molecule has 2 amide bonds. The van der Waals surface area contributed by atoms with Crippen LogP contribution in [0.4, 0.5) is 4.79 Å². The highest BCUT2D eigenvalue weighted by Gasteiger charge is 2.38. The highest BCUT2D eigenvalue weighted by atomic mass is 16.5. The third kappa shape index (κ3) is 5.34. The molecule has 184 valence electrons. The first-order chi connectivity index (χ1) is 17.0. The van der Waals surface area contributed by atoms with Crippen molar-refractivity contribution in [3.05, 3.63) is 59.7 Å². The number of alkyl carbamates (subject to hydrolysis) is 1. The molecule has 0 radical (unpaired) electrons. The molecule has 0 bridgehead atoms. The van der Waals surface area contributed by atoms with Gasteiger partial charge >= 0.3 is 12.1 Å². The van der Waals surface area contributed by atoms with Gasteiger partial charge in [-0.2, -0.15) is 0 Å². The Morgan fingerprint density at radius 2 is 1.63 bits per heavy atom. The average Bonchev–Trinajstić information content (AvgIpc) is 3.61. The summed E-state index contributed by atoms with van der Waals surface area (Å²) >= 11 is 0. The number of carboxylic acid groups (broad SMARTS) is 1. The summed E-state index contributed by atoms with van der Waals surface area (Å²) in [5.41, 5.74) is 4.72. The van der Waals surface area contributed by atoms with Crippen molar-refractivity contribution in [3.63, 3.8) is 0 Å². The summed E-state index contributed by atoms with van der Waals surface area (Å²) in [6.45, 7) is 1.62. The normalized spacial score (nSPS) is 17.8. The lowest BCUT2D eigenvalue weighted by molar-refractivity contribution is -0.140. The van der Waals surface area contributed by atoms with Gasteiger partial charge in [-0.15, -0.1) is 0 Å². The van der Waals surface area contributed by atoms with Gasteiger partial charge in [-0.3, -0.25) is 9.59 Å². The van der Waals surface area contributed by atoms with Crippen LogP contribution in [-0.4, -0.2) is 53.7 Å². The Morgan fingerprint density at radius 1 is 1.00 bits per heavy atom. The number of likely N-dealkylation sites (tertiary alicyclic amines) is 1. The molecule has 1 saturated carbocycles. The number of carbonyl (C=O) groups is 3. The average molecular weight is 477 g/mol. The molecule has 35 heavy (non-hydrogen) atoms. The van der Waals surface area contributed by atoms with Crippen LogP contribution >= 0.6 is 0 Å². The molecule has 1 heterocycles. The topological polar surface area (TPSA) is 95.9 Å². The monoisotopic (exact) mass is 476 g/mol. The summed E-state index contributed by atoms with van der Waals surface area (Å²) in [4.78, 5) is 38.0. The van der Waals surface area contributed by atoms with Gasteiger partial charge in [0, 0.05) is 37.9 Å².